The molecule has 1 atom stereocenters. The number of pyridine rings is 1. The van der Waals surface area contributed by atoms with E-state index in [1.165, 1.54) is 12.3 Å². The minimum Gasteiger partial charge on any atom is -0.330 e. The van der Waals surface area contributed by atoms with Crippen molar-refractivity contribution in [2.24, 2.45) is 11.7 Å². The van der Waals surface area contributed by atoms with Crippen LogP contribution < -0.4 is 5.73 Å². The van der Waals surface area contributed by atoms with Gasteiger partial charge < -0.3 is 5.73 Å². The van der Waals surface area contributed by atoms with Crippen LogP contribution >= 0.6 is 0 Å². The fourth-order valence-corrected chi connectivity index (χ4v) is 1.88. The normalized spacial score (nSPS) is 12.9. The van der Waals surface area contributed by atoms with Crippen molar-refractivity contribution in [2.45, 2.75) is 13.3 Å². The molecule has 1 heterocycles. The number of hydrogen-bond donors (Lipinski definition) is 1. The summed E-state index contributed by atoms with van der Waals surface area (Å²) in [7, 11) is 0. The largest absolute Gasteiger partial charge is 0.330 e. The lowest BCUT2D eigenvalue weighted by Gasteiger charge is -2.11. The lowest BCUT2D eigenvalue weighted by Crippen LogP contribution is -2.14. The molecule has 0 amide bonds. The Bertz CT molecular complexity index is 584. The van der Waals surface area contributed by atoms with Crippen LogP contribution in [0.3, 0.4) is 0 Å². The van der Waals surface area contributed by atoms with Crippen molar-refractivity contribution in [3.8, 4) is 0 Å². The van der Waals surface area contributed by atoms with Crippen molar-refractivity contribution in [2.75, 3.05) is 6.54 Å². The Morgan fingerprint density at radius 2 is 2.00 bits per heavy atom. The first kappa shape index (κ1) is 12.8. The summed E-state index contributed by atoms with van der Waals surface area (Å²) in [6, 6.07) is 2.43. The summed E-state index contributed by atoms with van der Waals surface area (Å²) in [5.74, 6) is -3.74. The topological polar surface area (TPSA) is 38.9 Å². The Hall–Kier alpha value is -1.62. The number of benzene rings is 1. The number of hydrogen-bond acceptors (Lipinski definition) is 2. The molecule has 2 rings (SSSR count). The van der Waals surface area contributed by atoms with Crippen molar-refractivity contribution in [1.82, 2.24) is 4.98 Å². The molecule has 96 valence electrons. The molecule has 0 spiro atoms. The molecule has 0 aliphatic heterocycles. The Balaban J connectivity index is 2.64. The molecule has 0 radical (unpaired) electrons. The monoisotopic (exact) mass is 254 g/mol. The summed E-state index contributed by atoms with van der Waals surface area (Å²) < 4.78 is 40.2. The molecule has 0 bridgehead atoms. The van der Waals surface area contributed by atoms with Crippen molar-refractivity contribution in [1.29, 1.82) is 0 Å². The Morgan fingerprint density at radius 3 is 2.67 bits per heavy atom. The fraction of sp³-hybridized carbons (Fsp3) is 0.308. The zero-order valence-electron chi connectivity index (χ0n) is 9.88. The summed E-state index contributed by atoms with van der Waals surface area (Å²) in [4.78, 5) is 4.04. The van der Waals surface area contributed by atoms with Crippen LogP contribution in [0.5, 0.6) is 0 Å². The molecule has 1 aromatic carbocycles. The molecule has 2 aromatic rings. The number of halogens is 3. The third kappa shape index (κ3) is 2.18. The molecule has 5 heteroatoms. The van der Waals surface area contributed by atoms with Gasteiger partial charge in [-0.1, -0.05) is 6.92 Å². The van der Waals surface area contributed by atoms with Gasteiger partial charge >= 0.3 is 0 Å². The summed E-state index contributed by atoms with van der Waals surface area (Å²) >= 11 is 0. The highest BCUT2D eigenvalue weighted by atomic mass is 19.2. The molecule has 2 nitrogen and oxygen atoms in total. The number of rotatable bonds is 3. The van der Waals surface area contributed by atoms with Gasteiger partial charge in [-0.25, -0.2) is 13.2 Å². The van der Waals surface area contributed by atoms with E-state index >= 15 is 0 Å². The average Bonchev–Trinajstić information content (AvgIpc) is 2.35. The Kier molecular flexibility index (Phi) is 3.52. The van der Waals surface area contributed by atoms with Crippen molar-refractivity contribution >= 4 is 10.8 Å². The lowest BCUT2D eigenvalue weighted by atomic mass is 10.0. The van der Waals surface area contributed by atoms with Gasteiger partial charge in [0.2, 0.25) is 0 Å². The van der Waals surface area contributed by atoms with Crippen LogP contribution in [0.25, 0.3) is 10.8 Å². The molecule has 0 aliphatic rings. The second kappa shape index (κ2) is 4.94. The first-order valence-corrected chi connectivity index (χ1v) is 5.65. The van der Waals surface area contributed by atoms with Gasteiger partial charge in [0, 0.05) is 11.6 Å². The third-order valence-electron chi connectivity index (χ3n) is 2.91. The SMILES string of the molecule is CC(CN)Cc1nccc2cc(F)c(F)c(F)c12. The van der Waals surface area contributed by atoms with E-state index in [0.29, 0.717) is 24.0 Å². The van der Waals surface area contributed by atoms with Gasteiger partial charge in [-0.2, -0.15) is 0 Å². The molecule has 0 saturated heterocycles. The summed E-state index contributed by atoms with van der Waals surface area (Å²) in [6.07, 6.45) is 1.88. The van der Waals surface area contributed by atoms with E-state index in [4.69, 9.17) is 5.73 Å². The molecule has 18 heavy (non-hydrogen) atoms. The van der Waals surface area contributed by atoms with E-state index < -0.39 is 17.5 Å². The number of nitrogens with zero attached hydrogens (tertiary/aromatic N) is 1. The maximum atomic E-state index is 13.8. The van der Waals surface area contributed by atoms with Gasteiger partial charge in [-0.3, -0.25) is 4.98 Å². The van der Waals surface area contributed by atoms with Gasteiger partial charge in [-0.05, 0) is 36.4 Å². The average molecular weight is 254 g/mol. The molecular formula is C13H13F3N2. The van der Waals surface area contributed by atoms with E-state index in [9.17, 15) is 13.2 Å². The van der Waals surface area contributed by atoms with Crippen molar-refractivity contribution in [3.05, 3.63) is 41.5 Å². The van der Waals surface area contributed by atoms with Crippen LogP contribution in [0.4, 0.5) is 13.2 Å². The predicted octanol–water partition coefficient (Wildman–Crippen LogP) is 2.79. The zero-order valence-corrected chi connectivity index (χ0v) is 9.88. The zero-order chi connectivity index (χ0) is 13.3. The van der Waals surface area contributed by atoms with Crippen LogP contribution in [0.2, 0.25) is 0 Å². The minimum atomic E-state index is -1.46. The van der Waals surface area contributed by atoms with Gasteiger partial charge in [0.15, 0.2) is 17.5 Å². The molecule has 0 saturated carbocycles. The molecule has 0 fully saturated rings. The summed E-state index contributed by atoms with van der Waals surface area (Å²) in [5.41, 5.74) is 5.90. The van der Waals surface area contributed by atoms with Gasteiger partial charge in [0.25, 0.3) is 0 Å². The van der Waals surface area contributed by atoms with E-state index in [-0.39, 0.29) is 11.3 Å². The maximum absolute atomic E-state index is 13.8. The molecule has 1 unspecified atom stereocenters. The standard InChI is InChI=1S/C13H13F3N2/c1-7(6-17)4-10-11-8(2-3-18-10)5-9(14)12(15)13(11)16/h2-3,5,7H,4,6,17H2,1H3. The molecule has 1 aromatic heterocycles. The molecular weight excluding hydrogens is 241 g/mol. The Labute approximate surface area is 103 Å². The van der Waals surface area contributed by atoms with Gasteiger partial charge in [0.1, 0.15) is 0 Å². The quantitative estimate of drug-likeness (QED) is 0.855. The van der Waals surface area contributed by atoms with Crippen molar-refractivity contribution in [3.63, 3.8) is 0 Å². The number of aromatic nitrogens is 1. The number of fused-ring (bicyclic) bond motifs is 1. The highest BCUT2D eigenvalue weighted by molar-refractivity contribution is 5.85. The van der Waals surface area contributed by atoms with E-state index in [1.54, 1.807) is 0 Å². The summed E-state index contributed by atoms with van der Waals surface area (Å²) in [6.45, 7) is 2.31. The number of nitrogens with two attached hydrogens (primary N) is 1. The van der Waals surface area contributed by atoms with E-state index in [1.807, 2.05) is 6.92 Å². The first-order valence-electron chi connectivity index (χ1n) is 5.65. The van der Waals surface area contributed by atoms with Crippen LogP contribution in [-0.4, -0.2) is 11.5 Å². The minimum absolute atomic E-state index is 0.0386. The van der Waals surface area contributed by atoms with Gasteiger partial charge in [0.05, 0.1) is 5.69 Å². The fourth-order valence-electron chi connectivity index (χ4n) is 1.88. The van der Waals surface area contributed by atoms with Gasteiger partial charge in [-0.15, -0.1) is 0 Å². The van der Waals surface area contributed by atoms with Crippen LogP contribution in [0, 0.1) is 23.4 Å². The third-order valence-corrected chi connectivity index (χ3v) is 2.91. The lowest BCUT2D eigenvalue weighted by molar-refractivity contribution is 0.452. The van der Waals surface area contributed by atoms with E-state index in [0.717, 1.165) is 6.07 Å². The molecule has 0 aliphatic carbocycles. The van der Waals surface area contributed by atoms with E-state index in [2.05, 4.69) is 4.98 Å². The second-order valence-electron chi connectivity index (χ2n) is 4.39. The van der Waals surface area contributed by atoms with Crippen molar-refractivity contribution < 1.29 is 13.2 Å². The molecule has 2 N–H and O–H groups in total. The van der Waals surface area contributed by atoms with Crippen LogP contribution in [0.15, 0.2) is 18.3 Å². The first-order chi connectivity index (χ1) is 8.54. The highest BCUT2D eigenvalue weighted by Gasteiger charge is 2.17. The van der Waals surface area contributed by atoms with Crippen LogP contribution in [0.1, 0.15) is 12.6 Å². The second-order valence-corrected chi connectivity index (χ2v) is 4.39. The smallest absolute Gasteiger partial charge is 0.195 e. The highest BCUT2D eigenvalue weighted by Crippen LogP contribution is 2.26. The Morgan fingerprint density at radius 1 is 1.28 bits per heavy atom. The van der Waals surface area contributed by atoms with Crippen LogP contribution in [-0.2, 0) is 6.42 Å². The summed E-state index contributed by atoms with van der Waals surface area (Å²) in [5, 5.41) is 0.345. The maximum Gasteiger partial charge on any atom is 0.195 e. The predicted molar refractivity (Wildman–Crippen MR) is 63.5 cm³/mol.